The summed E-state index contributed by atoms with van der Waals surface area (Å²) >= 11 is 3.47. The maximum absolute atomic E-state index is 9.70. The van der Waals surface area contributed by atoms with E-state index >= 15 is 0 Å². The number of hydrogen-bond donors (Lipinski definition) is 2. The summed E-state index contributed by atoms with van der Waals surface area (Å²) in [6.07, 6.45) is 0.816. The summed E-state index contributed by atoms with van der Waals surface area (Å²) in [6.45, 7) is 5.44. The van der Waals surface area contributed by atoms with Crippen LogP contribution in [0.1, 0.15) is 19.4 Å². The zero-order chi connectivity index (χ0) is 13.1. The van der Waals surface area contributed by atoms with Crippen molar-refractivity contribution in [3.05, 3.63) is 28.2 Å². The Morgan fingerprint density at radius 2 is 2.28 bits per heavy atom. The van der Waals surface area contributed by atoms with Crippen molar-refractivity contribution in [3.63, 3.8) is 0 Å². The summed E-state index contributed by atoms with van der Waals surface area (Å²) in [4.78, 5) is 0. The Balaban J connectivity index is 1.78. The number of aliphatic hydroxyl groups excluding tert-OH is 1. The van der Waals surface area contributed by atoms with Crippen molar-refractivity contribution in [1.82, 2.24) is 5.32 Å². The van der Waals surface area contributed by atoms with Gasteiger partial charge in [-0.1, -0.05) is 29.8 Å². The van der Waals surface area contributed by atoms with Crippen molar-refractivity contribution in [1.29, 1.82) is 0 Å². The molecule has 2 N–H and O–H groups in total. The monoisotopic (exact) mass is 313 g/mol. The van der Waals surface area contributed by atoms with Crippen molar-refractivity contribution in [2.75, 3.05) is 13.1 Å². The van der Waals surface area contributed by atoms with E-state index in [-0.39, 0.29) is 18.1 Å². The molecule has 100 valence electrons. The van der Waals surface area contributed by atoms with Gasteiger partial charge in [-0.05, 0) is 29.7 Å². The molecule has 18 heavy (non-hydrogen) atoms. The van der Waals surface area contributed by atoms with Crippen molar-refractivity contribution in [3.8, 4) is 5.75 Å². The molecule has 0 amide bonds. The largest absolute Gasteiger partial charge is 0.488 e. The molecule has 0 fully saturated rings. The maximum Gasteiger partial charge on any atom is 0.123 e. The van der Waals surface area contributed by atoms with Gasteiger partial charge in [0, 0.05) is 24.0 Å². The van der Waals surface area contributed by atoms with Crippen molar-refractivity contribution < 1.29 is 9.84 Å². The van der Waals surface area contributed by atoms with Crippen molar-refractivity contribution in [2.24, 2.45) is 5.92 Å². The number of halogens is 1. The molecule has 0 saturated carbocycles. The quantitative estimate of drug-likeness (QED) is 0.877. The van der Waals surface area contributed by atoms with Gasteiger partial charge in [0.15, 0.2) is 0 Å². The van der Waals surface area contributed by atoms with Crippen LogP contribution in [0.5, 0.6) is 5.75 Å². The van der Waals surface area contributed by atoms with Gasteiger partial charge in [-0.3, -0.25) is 0 Å². The highest BCUT2D eigenvalue weighted by atomic mass is 79.9. The lowest BCUT2D eigenvalue weighted by atomic mass is 10.1. The van der Waals surface area contributed by atoms with E-state index in [4.69, 9.17) is 4.74 Å². The zero-order valence-corrected chi connectivity index (χ0v) is 12.4. The first kappa shape index (κ1) is 13.8. The third-order valence-corrected chi connectivity index (χ3v) is 3.75. The molecule has 0 radical (unpaired) electrons. The maximum atomic E-state index is 9.70. The number of hydrogen-bond acceptors (Lipinski definition) is 3. The summed E-state index contributed by atoms with van der Waals surface area (Å²) in [5, 5.41) is 13.0. The Bertz CT molecular complexity index is 409. The van der Waals surface area contributed by atoms with Crippen LogP contribution in [0, 0.1) is 5.92 Å². The molecule has 4 heteroatoms. The number of aliphatic hydroxyl groups is 1. The molecule has 2 atom stereocenters. The smallest absolute Gasteiger partial charge is 0.123 e. The molecule has 1 aliphatic rings. The minimum atomic E-state index is -0.289. The van der Waals surface area contributed by atoms with Crippen LogP contribution in [0.3, 0.4) is 0 Å². The topological polar surface area (TPSA) is 41.5 Å². The van der Waals surface area contributed by atoms with E-state index < -0.39 is 0 Å². The highest BCUT2D eigenvalue weighted by molar-refractivity contribution is 9.10. The lowest BCUT2D eigenvalue weighted by Gasteiger charge is -2.17. The predicted molar refractivity (Wildman–Crippen MR) is 76.0 cm³/mol. The van der Waals surface area contributed by atoms with E-state index in [1.807, 2.05) is 26.0 Å². The first-order valence-electron chi connectivity index (χ1n) is 6.40. The molecule has 0 bridgehead atoms. The molecule has 3 nitrogen and oxygen atoms in total. The zero-order valence-electron chi connectivity index (χ0n) is 10.8. The third kappa shape index (κ3) is 3.46. The van der Waals surface area contributed by atoms with Crippen LogP contribution in [0.25, 0.3) is 0 Å². The van der Waals surface area contributed by atoms with Crippen molar-refractivity contribution >= 4 is 15.9 Å². The SMILES string of the molecule is CC(C)C(O)CNCC1Cc2cc(Br)ccc2O1. The second-order valence-electron chi connectivity index (χ2n) is 5.17. The van der Waals surface area contributed by atoms with E-state index in [2.05, 4.69) is 27.3 Å². The molecule has 0 saturated heterocycles. The van der Waals surface area contributed by atoms with Gasteiger partial charge in [0.05, 0.1) is 6.10 Å². The fourth-order valence-electron chi connectivity index (χ4n) is 2.03. The van der Waals surface area contributed by atoms with Crippen LogP contribution in [0.15, 0.2) is 22.7 Å². The fraction of sp³-hybridized carbons (Fsp3) is 0.571. The van der Waals surface area contributed by atoms with Gasteiger partial charge in [-0.15, -0.1) is 0 Å². The number of benzene rings is 1. The Morgan fingerprint density at radius 3 is 3.00 bits per heavy atom. The van der Waals surface area contributed by atoms with Crippen LogP contribution in [-0.2, 0) is 6.42 Å². The molecule has 0 aromatic heterocycles. The molecule has 2 rings (SSSR count). The van der Waals surface area contributed by atoms with Gasteiger partial charge < -0.3 is 15.2 Å². The van der Waals surface area contributed by atoms with Crippen LogP contribution >= 0.6 is 15.9 Å². The molecule has 2 unspecified atom stereocenters. The predicted octanol–water partition coefficient (Wildman–Crippen LogP) is 2.36. The molecule has 1 heterocycles. The van der Waals surface area contributed by atoms with Gasteiger partial charge in [0.1, 0.15) is 11.9 Å². The molecule has 1 aromatic rings. The van der Waals surface area contributed by atoms with Crippen LogP contribution in [0.4, 0.5) is 0 Å². The van der Waals surface area contributed by atoms with Gasteiger partial charge in [0.25, 0.3) is 0 Å². The second-order valence-corrected chi connectivity index (χ2v) is 6.08. The van der Waals surface area contributed by atoms with E-state index in [9.17, 15) is 5.11 Å². The molecule has 0 spiro atoms. The van der Waals surface area contributed by atoms with Gasteiger partial charge in [-0.2, -0.15) is 0 Å². The van der Waals surface area contributed by atoms with E-state index in [1.165, 1.54) is 5.56 Å². The number of fused-ring (bicyclic) bond motifs is 1. The summed E-state index contributed by atoms with van der Waals surface area (Å²) < 4.78 is 6.93. The highest BCUT2D eigenvalue weighted by Gasteiger charge is 2.22. The fourth-order valence-corrected chi connectivity index (χ4v) is 2.44. The van der Waals surface area contributed by atoms with Crippen LogP contribution in [-0.4, -0.2) is 30.4 Å². The van der Waals surface area contributed by atoms with E-state index in [0.29, 0.717) is 6.54 Å². The van der Waals surface area contributed by atoms with Gasteiger partial charge >= 0.3 is 0 Å². The number of ether oxygens (including phenoxy) is 1. The van der Waals surface area contributed by atoms with E-state index in [0.717, 1.165) is 23.2 Å². The molecule has 1 aliphatic heterocycles. The second kappa shape index (κ2) is 6.04. The highest BCUT2D eigenvalue weighted by Crippen LogP contribution is 2.30. The van der Waals surface area contributed by atoms with Crippen molar-refractivity contribution in [2.45, 2.75) is 32.5 Å². The van der Waals surface area contributed by atoms with Crippen LogP contribution in [0.2, 0.25) is 0 Å². The molecular formula is C14H20BrNO2. The normalized spacial score (nSPS) is 19.7. The molecular weight excluding hydrogens is 294 g/mol. The first-order chi connectivity index (χ1) is 8.56. The standard InChI is InChI=1S/C14H20BrNO2/c1-9(2)13(17)8-16-7-12-6-10-5-11(15)3-4-14(10)18-12/h3-5,9,12-13,16-17H,6-8H2,1-2H3. The summed E-state index contributed by atoms with van der Waals surface area (Å²) in [6, 6.07) is 6.11. The number of nitrogens with one attached hydrogen (secondary N) is 1. The summed E-state index contributed by atoms with van der Waals surface area (Å²) in [5.41, 5.74) is 1.25. The number of rotatable bonds is 5. The summed E-state index contributed by atoms with van der Waals surface area (Å²) in [7, 11) is 0. The Morgan fingerprint density at radius 1 is 1.50 bits per heavy atom. The first-order valence-corrected chi connectivity index (χ1v) is 7.19. The minimum Gasteiger partial charge on any atom is -0.488 e. The molecule has 0 aliphatic carbocycles. The van der Waals surface area contributed by atoms with E-state index in [1.54, 1.807) is 0 Å². The third-order valence-electron chi connectivity index (χ3n) is 3.26. The molecule has 1 aromatic carbocycles. The Labute approximate surface area is 117 Å². The lowest BCUT2D eigenvalue weighted by Crippen LogP contribution is -2.36. The summed E-state index contributed by atoms with van der Waals surface area (Å²) in [5.74, 6) is 1.27. The van der Waals surface area contributed by atoms with Crippen LogP contribution < -0.4 is 10.1 Å². The Hall–Kier alpha value is -0.580. The van der Waals surface area contributed by atoms with Gasteiger partial charge in [-0.25, -0.2) is 0 Å². The Kier molecular flexibility index (Phi) is 4.65. The minimum absolute atomic E-state index is 0.175. The average molecular weight is 314 g/mol. The van der Waals surface area contributed by atoms with Gasteiger partial charge in [0.2, 0.25) is 0 Å². The lowest BCUT2D eigenvalue weighted by molar-refractivity contribution is 0.118. The average Bonchev–Trinajstić information content (AvgIpc) is 2.70.